The minimum Gasteiger partial charge on any atom is -0.321 e. The zero-order valence-electron chi connectivity index (χ0n) is 18.1. The zero-order chi connectivity index (χ0) is 23.6. The Morgan fingerprint density at radius 1 is 0.939 bits per heavy atom. The highest BCUT2D eigenvalue weighted by atomic mass is 19.4. The highest BCUT2D eigenvalue weighted by Crippen LogP contribution is 2.32. The van der Waals surface area contributed by atoms with Gasteiger partial charge in [-0.1, -0.05) is 56.3 Å². The number of benzene rings is 3. The van der Waals surface area contributed by atoms with Crippen molar-refractivity contribution >= 4 is 22.5 Å². The van der Waals surface area contributed by atoms with E-state index in [-0.39, 0.29) is 22.4 Å². The van der Waals surface area contributed by atoms with Crippen molar-refractivity contribution in [3.63, 3.8) is 0 Å². The molecule has 33 heavy (non-hydrogen) atoms. The number of carbonyl (C=O) groups is 1. The normalized spacial score (nSPS) is 11.7. The lowest BCUT2D eigenvalue weighted by molar-refractivity contribution is -0.137. The predicted molar refractivity (Wildman–Crippen MR) is 123 cm³/mol. The molecular weight excluding hydrogens is 427 g/mol. The minimum absolute atomic E-state index is 0.0402. The van der Waals surface area contributed by atoms with E-state index in [1.54, 1.807) is 30.3 Å². The minimum atomic E-state index is -4.55. The Labute approximate surface area is 189 Å². The standard InChI is InChI=1S/C26H22F3N3O/c1-16(2)14-17-8-10-18(11-9-17)24-31-22-13-12-19(26(27,28)29)15-21(22)23(32-24)25(33)30-20-6-4-3-5-7-20/h3-13,15-16H,14H2,1-2H3,(H,30,33). The maximum absolute atomic E-state index is 13.3. The third-order valence-corrected chi connectivity index (χ3v) is 5.13. The SMILES string of the molecule is CC(C)Cc1ccc(-c2nc(C(=O)Nc3ccccc3)c3cc(C(F)(F)F)ccc3n2)cc1. The van der Waals surface area contributed by atoms with E-state index >= 15 is 0 Å². The van der Waals surface area contributed by atoms with Crippen LogP contribution in [0.4, 0.5) is 18.9 Å². The Kier molecular flexibility index (Phi) is 6.14. The molecule has 0 bridgehead atoms. The van der Waals surface area contributed by atoms with Crippen LogP contribution in [0.2, 0.25) is 0 Å². The van der Waals surface area contributed by atoms with Crippen LogP contribution >= 0.6 is 0 Å². The number of nitrogens with one attached hydrogen (secondary N) is 1. The van der Waals surface area contributed by atoms with Crippen LogP contribution in [0.3, 0.4) is 0 Å². The molecule has 4 aromatic rings. The van der Waals surface area contributed by atoms with Crippen molar-refractivity contribution in [3.8, 4) is 11.4 Å². The van der Waals surface area contributed by atoms with Gasteiger partial charge in [0.2, 0.25) is 0 Å². The predicted octanol–water partition coefficient (Wildman–Crippen LogP) is 6.77. The van der Waals surface area contributed by atoms with Gasteiger partial charge in [0, 0.05) is 16.6 Å². The molecule has 7 heteroatoms. The van der Waals surface area contributed by atoms with Gasteiger partial charge in [-0.25, -0.2) is 9.97 Å². The lowest BCUT2D eigenvalue weighted by Crippen LogP contribution is -2.16. The van der Waals surface area contributed by atoms with E-state index in [9.17, 15) is 18.0 Å². The first-order valence-electron chi connectivity index (χ1n) is 10.6. The van der Waals surface area contributed by atoms with Crippen LogP contribution in [0, 0.1) is 5.92 Å². The number of hydrogen-bond acceptors (Lipinski definition) is 3. The van der Waals surface area contributed by atoms with E-state index in [0.29, 0.717) is 17.2 Å². The van der Waals surface area contributed by atoms with Crippen molar-refractivity contribution in [3.05, 3.63) is 89.6 Å². The summed E-state index contributed by atoms with van der Waals surface area (Å²) in [6, 6.07) is 19.5. The lowest BCUT2D eigenvalue weighted by atomic mass is 10.0. The van der Waals surface area contributed by atoms with Gasteiger partial charge >= 0.3 is 6.18 Å². The lowest BCUT2D eigenvalue weighted by Gasteiger charge is -2.13. The second-order valence-electron chi connectivity index (χ2n) is 8.24. The summed E-state index contributed by atoms with van der Waals surface area (Å²) in [5.74, 6) is 0.172. The van der Waals surface area contributed by atoms with Crippen LogP contribution in [0.1, 0.15) is 35.5 Å². The second kappa shape index (κ2) is 9.02. The van der Waals surface area contributed by atoms with Crippen molar-refractivity contribution in [1.29, 1.82) is 0 Å². The molecule has 0 saturated carbocycles. The van der Waals surface area contributed by atoms with E-state index in [4.69, 9.17) is 0 Å². The molecule has 1 heterocycles. The number of hydrogen-bond donors (Lipinski definition) is 1. The summed E-state index contributed by atoms with van der Waals surface area (Å²) >= 11 is 0. The van der Waals surface area contributed by atoms with Gasteiger partial charge < -0.3 is 5.32 Å². The summed E-state index contributed by atoms with van der Waals surface area (Å²) in [6.45, 7) is 4.26. The molecule has 1 amide bonds. The van der Waals surface area contributed by atoms with Gasteiger partial charge in [0.05, 0.1) is 11.1 Å². The van der Waals surface area contributed by atoms with E-state index in [0.717, 1.165) is 24.1 Å². The number of para-hydroxylation sites is 1. The number of halogens is 3. The van der Waals surface area contributed by atoms with Crippen LogP contribution in [-0.4, -0.2) is 15.9 Å². The molecule has 0 atom stereocenters. The monoisotopic (exact) mass is 449 g/mol. The number of fused-ring (bicyclic) bond motifs is 1. The van der Waals surface area contributed by atoms with Crippen molar-refractivity contribution < 1.29 is 18.0 Å². The topological polar surface area (TPSA) is 54.9 Å². The molecule has 1 aromatic heterocycles. The molecule has 0 aliphatic rings. The summed E-state index contributed by atoms with van der Waals surface area (Å²) in [5, 5.41) is 2.75. The van der Waals surface area contributed by atoms with Crippen molar-refractivity contribution in [1.82, 2.24) is 9.97 Å². The van der Waals surface area contributed by atoms with Crippen molar-refractivity contribution in [2.75, 3.05) is 5.32 Å². The second-order valence-corrected chi connectivity index (χ2v) is 8.24. The van der Waals surface area contributed by atoms with Crippen LogP contribution in [0.25, 0.3) is 22.3 Å². The quantitative estimate of drug-likeness (QED) is 0.366. The average molecular weight is 449 g/mol. The van der Waals surface area contributed by atoms with Gasteiger partial charge in [0.25, 0.3) is 5.91 Å². The van der Waals surface area contributed by atoms with E-state index in [1.807, 2.05) is 24.3 Å². The fourth-order valence-electron chi connectivity index (χ4n) is 3.58. The molecule has 0 spiro atoms. The van der Waals surface area contributed by atoms with Crippen molar-refractivity contribution in [2.45, 2.75) is 26.4 Å². The van der Waals surface area contributed by atoms with E-state index < -0.39 is 17.6 Å². The maximum Gasteiger partial charge on any atom is 0.416 e. The van der Waals surface area contributed by atoms with E-state index in [2.05, 4.69) is 29.1 Å². The van der Waals surface area contributed by atoms with Gasteiger partial charge in [-0.2, -0.15) is 13.2 Å². The summed E-state index contributed by atoms with van der Waals surface area (Å²) in [7, 11) is 0. The molecule has 0 aliphatic heterocycles. The first-order chi connectivity index (χ1) is 15.7. The molecule has 168 valence electrons. The largest absolute Gasteiger partial charge is 0.416 e. The van der Waals surface area contributed by atoms with Gasteiger partial charge in [-0.15, -0.1) is 0 Å². The van der Waals surface area contributed by atoms with E-state index in [1.165, 1.54) is 6.07 Å². The highest BCUT2D eigenvalue weighted by molar-refractivity contribution is 6.11. The third kappa shape index (κ3) is 5.19. The van der Waals surface area contributed by atoms with Gasteiger partial charge in [-0.05, 0) is 48.2 Å². The fraction of sp³-hybridized carbons (Fsp3) is 0.192. The summed E-state index contributed by atoms with van der Waals surface area (Å²) in [4.78, 5) is 21.9. The molecule has 3 aromatic carbocycles. The first kappa shape index (κ1) is 22.5. The molecule has 4 nitrogen and oxygen atoms in total. The molecule has 0 saturated heterocycles. The number of alkyl halides is 3. The number of rotatable bonds is 5. The van der Waals surface area contributed by atoms with Gasteiger partial charge in [-0.3, -0.25) is 4.79 Å². The van der Waals surface area contributed by atoms with Crippen LogP contribution in [-0.2, 0) is 12.6 Å². The van der Waals surface area contributed by atoms with Gasteiger partial charge in [0.15, 0.2) is 5.82 Å². The van der Waals surface area contributed by atoms with Crippen LogP contribution in [0.5, 0.6) is 0 Å². The van der Waals surface area contributed by atoms with Gasteiger partial charge in [0.1, 0.15) is 5.69 Å². The van der Waals surface area contributed by atoms with Crippen LogP contribution < -0.4 is 5.32 Å². The smallest absolute Gasteiger partial charge is 0.321 e. The molecule has 1 N–H and O–H groups in total. The van der Waals surface area contributed by atoms with Crippen molar-refractivity contribution in [2.24, 2.45) is 5.92 Å². The van der Waals surface area contributed by atoms with Crippen LogP contribution in [0.15, 0.2) is 72.8 Å². The molecular formula is C26H22F3N3O. The summed E-state index contributed by atoms with van der Waals surface area (Å²) < 4.78 is 40.0. The first-order valence-corrected chi connectivity index (χ1v) is 10.6. The number of nitrogens with zero attached hydrogens (tertiary/aromatic N) is 2. The third-order valence-electron chi connectivity index (χ3n) is 5.13. The molecule has 4 rings (SSSR count). The Balaban J connectivity index is 1.81. The summed E-state index contributed by atoms with van der Waals surface area (Å²) in [6.07, 6.45) is -3.63. The number of carbonyl (C=O) groups excluding carboxylic acids is 1. The average Bonchev–Trinajstić information content (AvgIpc) is 2.78. The number of amides is 1. The fourth-order valence-corrected chi connectivity index (χ4v) is 3.58. The Hall–Kier alpha value is -3.74. The maximum atomic E-state index is 13.3. The number of anilines is 1. The Morgan fingerprint density at radius 3 is 2.27 bits per heavy atom. The number of aromatic nitrogens is 2. The summed E-state index contributed by atoms with van der Waals surface area (Å²) in [5.41, 5.74) is 1.64. The molecule has 0 fully saturated rings. The molecule has 0 aliphatic carbocycles. The Morgan fingerprint density at radius 2 is 1.64 bits per heavy atom. The highest BCUT2D eigenvalue weighted by Gasteiger charge is 2.31. The zero-order valence-corrected chi connectivity index (χ0v) is 18.1. The molecule has 0 radical (unpaired) electrons. The Bertz CT molecular complexity index is 1280. The molecule has 0 unspecified atom stereocenters.